The molecule has 7 rings (SSSR count). The van der Waals surface area contributed by atoms with Crippen molar-refractivity contribution in [3.8, 4) is 22.3 Å². The van der Waals surface area contributed by atoms with Gasteiger partial charge in [-0.2, -0.15) is 5.10 Å². The summed E-state index contributed by atoms with van der Waals surface area (Å²) in [5, 5.41) is 5.42. The van der Waals surface area contributed by atoms with Crippen molar-refractivity contribution in [2.24, 2.45) is 5.92 Å². The molecule has 1 atom stereocenters. The van der Waals surface area contributed by atoms with Crippen molar-refractivity contribution in [3.05, 3.63) is 126 Å². The van der Waals surface area contributed by atoms with Gasteiger partial charge in [-0.05, 0) is 94.7 Å². The third-order valence-electron chi connectivity index (χ3n) is 9.83. The van der Waals surface area contributed by atoms with Crippen LogP contribution in [0.4, 0.5) is 4.79 Å². The van der Waals surface area contributed by atoms with Crippen LogP contribution in [0.15, 0.2) is 115 Å². The van der Waals surface area contributed by atoms with Crippen molar-refractivity contribution in [2.45, 2.75) is 70.4 Å². The Labute approximate surface area is 305 Å². The molecule has 0 saturated carbocycles. The molecule has 1 unspecified atom stereocenters. The Morgan fingerprint density at radius 3 is 2.33 bits per heavy atom. The molecule has 1 saturated heterocycles. The van der Waals surface area contributed by atoms with E-state index in [9.17, 15) is 13.2 Å². The molecule has 1 fully saturated rings. The van der Waals surface area contributed by atoms with Crippen LogP contribution in [-0.2, 0) is 21.2 Å². The van der Waals surface area contributed by atoms with Crippen molar-refractivity contribution in [2.75, 3.05) is 13.1 Å². The average molecular weight is 716 g/mol. The number of carbonyl (C=O) groups is 1. The number of likely N-dealkylation sites (tertiary alicyclic amines) is 1. The number of pyridine rings is 1. The molecular formula is C42H45N5O4S. The van der Waals surface area contributed by atoms with Gasteiger partial charge in [0.1, 0.15) is 5.60 Å². The summed E-state index contributed by atoms with van der Waals surface area (Å²) in [5.74, 6) is 0.456. The zero-order chi connectivity index (χ0) is 36.6. The van der Waals surface area contributed by atoms with Crippen LogP contribution in [0.3, 0.4) is 0 Å². The van der Waals surface area contributed by atoms with Crippen molar-refractivity contribution < 1.29 is 17.9 Å². The SMILES string of the molecule is Cc1ccc(S(=O)(=O)n2cc(-c3cnn(C(C)c4ccccc4)c3)c3cc(-c4cccc(CC5CCN(C(=O)OC(C)(C)C)CC5)c4)cnc32)cc1. The molecule has 4 heterocycles. The number of piperidine rings is 1. The largest absolute Gasteiger partial charge is 0.444 e. The van der Waals surface area contributed by atoms with E-state index in [1.54, 1.807) is 42.9 Å². The third kappa shape index (κ3) is 7.39. The number of amides is 1. The van der Waals surface area contributed by atoms with Crippen LogP contribution in [-0.4, -0.2) is 56.8 Å². The second-order valence-corrected chi connectivity index (χ2v) is 16.7. The first kappa shape index (κ1) is 35.2. The lowest BCUT2D eigenvalue weighted by Crippen LogP contribution is -2.42. The fourth-order valence-corrected chi connectivity index (χ4v) is 8.23. The zero-order valence-electron chi connectivity index (χ0n) is 30.4. The zero-order valence-corrected chi connectivity index (χ0v) is 31.2. The molecule has 0 spiro atoms. The molecule has 0 radical (unpaired) electrons. The smallest absolute Gasteiger partial charge is 0.410 e. The van der Waals surface area contributed by atoms with E-state index in [0.29, 0.717) is 24.7 Å². The molecule has 0 aliphatic carbocycles. The first-order valence-corrected chi connectivity index (χ1v) is 19.3. The van der Waals surface area contributed by atoms with E-state index < -0.39 is 15.6 Å². The van der Waals surface area contributed by atoms with E-state index >= 15 is 0 Å². The van der Waals surface area contributed by atoms with Crippen LogP contribution in [0.25, 0.3) is 33.3 Å². The van der Waals surface area contributed by atoms with Crippen LogP contribution in [0, 0.1) is 12.8 Å². The molecule has 1 aliphatic heterocycles. The predicted octanol–water partition coefficient (Wildman–Crippen LogP) is 8.91. The summed E-state index contributed by atoms with van der Waals surface area (Å²) in [5.41, 5.74) is 6.61. The highest BCUT2D eigenvalue weighted by Crippen LogP contribution is 2.36. The molecule has 52 heavy (non-hydrogen) atoms. The van der Waals surface area contributed by atoms with Gasteiger partial charge in [0.15, 0.2) is 5.65 Å². The predicted molar refractivity (Wildman–Crippen MR) is 205 cm³/mol. The van der Waals surface area contributed by atoms with E-state index in [0.717, 1.165) is 58.0 Å². The summed E-state index contributed by atoms with van der Waals surface area (Å²) in [6.07, 6.45) is 9.68. The molecule has 6 aromatic rings. The van der Waals surface area contributed by atoms with Gasteiger partial charge in [-0.15, -0.1) is 0 Å². The fraction of sp³-hybridized carbons (Fsp3) is 0.310. The Kier molecular flexibility index (Phi) is 9.52. The van der Waals surface area contributed by atoms with Crippen molar-refractivity contribution in [3.63, 3.8) is 0 Å². The number of ether oxygens (including phenoxy) is 1. The molecule has 3 aromatic heterocycles. The molecule has 3 aromatic carbocycles. The van der Waals surface area contributed by atoms with Gasteiger partial charge in [-0.25, -0.2) is 22.2 Å². The maximum Gasteiger partial charge on any atom is 0.410 e. The van der Waals surface area contributed by atoms with Gasteiger partial charge in [0.25, 0.3) is 10.0 Å². The fourth-order valence-electron chi connectivity index (χ4n) is 6.90. The minimum absolute atomic E-state index is 0.0134. The molecule has 268 valence electrons. The Morgan fingerprint density at radius 2 is 1.62 bits per heavy atom. The molecule has 0 N–H and O–H groups in total. The standard InChI is InChI=1S/C42H45N5O4S/c1-29-14-16-37(17-15-29)52(49,50)47-28-39(36-26-44-46(27-36)30(2)33-11-7-6-8-12-33)38-24-35(25-43-40(38)47)34-13-9-10-32(23-34)22-31-18-20-45(21-19-31)41(48)51-42(3,4)5/h6-17,23-28,30-31H,18-22H2,1-5H3. The Hall–Kier alpha value is -5.22. The van der Waals surface area contributed by atoms with Gasteiger partial charge < -0.3 is 9.64 Å². The van der Waals surface area contributed by atoms with Gasteiger partial charge in [-0.3, -0.25) is 4.68 Å². The monoisotopic (exact) mass is 715 g/mol. The maximum absolute atomic E-state index is 14.1. The number of aromatic nitrogens is 4. The normalized spacial score (nSPS) is 14.8. The maximum atomic E-state index is 14.1. The minimum Gasteiger partial charge on any atom is -0.444 e. The van der Waals surface area contributed by atoms with Gasteiger partial charge >= 0.3 is 6.09 Å². The summed E-state index contributed by atoms with van der Waals surface area (Å²) >= 11 is 0. The van der Waals surface area contributed by atoms with E-state index in [1.165, 1.54) is 9.54 Å². The number of benzene rings is 3. The van der Waals surface area contributed by atoms with Crippen LogP contribution < -0.4 is 0 Å². The van der Waals surface area contributed by atoms with Crippen LogP contribution in [0.1, 0.15) is 63.3 Å². The van der Waals surface area contributed by atoms with Crippen molar-refractivity contribution in [1.29, 1.82) is 0 Å². The molecule has 1 amide bonds. The summed E-state index contributed by atoms with van der Waals surface area (Å²) in [7, 11) is -3.95. The number of aryl methyl sites for hydroxylation is 1. The number of carbonyl (C=O) groups excluding carboxylic acids is 1. The van der Waals surface area contributed by atoms with Crippen LogP contribution >= 0.6 is 0 Å². The third-order valence-corrected chi connectivity index (χ3v) is 11.5. The van der Waals surface area contributed by atoms with Gasteiger partial charge in [0, 0.05) is 53.8 Å². The van der Waals surface area contributed by atoms with E-state index in [4.69, 9.17) is 14.8 Å². The van der Waals surface area contributed by atoms with Crippen molar-refractivity contribution in [1.82, 2.24) is 23.6 Å². The summed E-state index contributed by atoms with van der Waals surface area (Å²) in [6.45, 7) is 11.1. The second kappa shape index (κ2) is 14.1. The van der Waals surface area contributed by atoms with Gasteiger partial charge in [-0.1, -0.05) is 72.3 Å². The van der Waals surface area contributed by atoms with Crippen LogP contribution in [0.2, 0.25) is 0 Å². The lowest BCUT2D eigenvalue weighted by atomic mass is 9.89. The topological polar surface area (TPSA) is 99.3 Å². The number of hydrogen-bond acceptors (Lipinski definition) is 6. The van der Waals surface area contributed by atoms with Crippen molar-refractivity contribution >= 4 is 27.1 Å². The lowest BCUT2D eigenvalue weighted by molar-refractivity contribution is 0.0184. The summed E-state index contributed by atoms with van der Waals surface area (Å²) in [4.78, 5) is 19.4. The van der Waals surface area contributed by atoms with E-state index in [1.807, 2.05) is 67.7 Å². The molecular weight excluding hydrogens is 671 g/mol. The Morgan fingerprint density at radius 1 is 0.885 bits per heavy atom. The van der Waals surface area contributed by atoms with E-state index in [-0.39, 0.29) is 17.0 Å². The highest BCUT2D eigenvalue weighted by atomic mass is 32.2. The lowest BCUT2D eigenvalue weighted by Gasteiger charge is -2.33. The number of fused-ring (bicyclic) bond motifs is 1. The first-order valence-electron chi connectivity index (χ1n) is 17.9. The Bertz CT molecular complexity index is 2310. The highest BCUT2D eigenvalue weighted by Gasteiger charge is 2.28. The summed E-state index contributed by atoms with van der Waals surface area (Å²) < 4.78 is 36.9. The number of nitrogens with zero attached hydrogens (tertiary/aromatic N) is 5. The number of hydrogen-bond donors (Lipinski definition) is 0. The van der Waals surface area contributed by atoms with Crippen LogP contribution in [0.5, 0.6) is 0 Å². The Balaban J connectivity index is 1.21. The first-order chi connectivity index (χ1) is 24.9. The molecule has 1 aliphatic rings. The molecule has 9 nitrogen and oxygen atoms in total. The van der Waals surface area contributed by atoms with Gasteiger partial charge in [0.2, 0.25) is 0 Å². The highest BCUT2D eigenvalue weighted by molar-refractivity contribution is 7.90. The summed E-state index contributed by atoms with van der Waals surface area (Å²) in [6, 6.07) is 27.5. The molecule has 0 bridgehead atoms. The molecule has 10 heteroatoms. The second-order valence-electron chi connectivity index (χ2n) is 14.9. The van der Waals surface area contributed by atoms with Gasteiger partial charge in [0.05, 0.1) is 17.1 Å². The van der Waals surface area contributed by atoms with E-state index in [2.05, 4.69) is 43.3 Å². The number of rotatable bonds is 8. The minimum atomic E-state index is -3.95. The quantitative estimate of drug-likeness (QED) is 0.156. The average Bonchev–Trinajstić information content (AvgIpc) is 3.77.